The van der Waals surface area contributed by atoms with Crippen LogP contribution in [-0.4, -0.2) is 24.8 Å². The van der Waals surface area contributed by atoms with Crippen molar-refractivity contribution in [3.8, 4) is 11.5 Å². The largest absolute Gasteiger partial charge is 0.497 e. The van der Waals surface area contributed by atoms with Crippen LogP contribution in [0.5, 0.6) is 11.5 Å². The lowest BCUT2D eigenvalue weighted by molar-refractivity contribution is -0.130. The number of benzene rings is 2. The van der Waals surface area contributed by atoms with E-state index in [2.05, 4.69) is 6.92 Å². The van der Waals surface area contributed by atoms with Crippen LogP contribution in [0.4, 0.5) is 0 Å². The molecule has 0 aromatic heterocycles. The van der Waals surface area contributed by atoms with Crippen molar-refractivity contribution < 1.29 is 19.4 Å². The predicted molar refractivity (Wildman–Crippen MR) is 95.3 cm³/mol. The van der Waals surface area contributed by atoms with Gasteiger partial charge in [-0.2, -0.15) is 0 Å². The van der Waals surface area contributed by atoms with E-state index in [1.54, 1.807) is 37.5 Å². The topological polar surface area (TPSA) is 55.8 Å². The van der Waals surface area contributed by atoms with E-state index in [1.165, 1.54) is 0 Å². The van der Waals surface area contributed by atoms with E-state index >= 15 is 0 Å². The van der Waals surface area contributed by atoms with Crippen molar-refractivity contribution >= 4 is 17.6 Å². The molecule has 0 saturated carbocycles. The molecule has 0 radical (unpaired) electrons. The van der Waals surface area contributed by atoms with Gasteiger partial charge in [-0.05, 0) is 47.9 Å². The third-order valence-corrected chi connectivity index (χ3v) is 3.59. The Bertz CT molecular complexity index is 685. The lowest BCUT2D eigenvalue weighted by Gasteiger charge is -2.07. The van der Waals surface area contributed by atoms with Gasteiger partial charge in [-0.3, -0.25) is 0 Å². The van der Waals surface area contributed by atoms with Gasteiger partial charge in [-0.25, -0.2) is 4.79 Å². The lowest BCUT2D eigenvalue weighted by atomic mass is 10.0. The molecule has 0 unspecified atom stereocenters. The molecule has 2 rings (SSSR count). The van der Waals surface area contributed by atoms with Gasteiger partial charge in [0.1, 0.15) is 11.5 Å². The molecule has 0 bridgehead atoms. The van der Waals surface area contributed by atoms with E-state index in [4.69, 9.17) is 9.47 Å². The van der Waals surface area contributed by atoms with Crippen molar-refractivity contribution in [2.45, 2.75) is 19.8 Å². The fourth-order valence-corrected chi connectivity index (χ4v) is 2.20. The highest BCUT2D eigenvalue weighted by Crippen LogP contribution is 2.22. The number of carboxylic acids is 1. The van der Waals surface area contributed by atoms with Crippen molar-refractivity contribution in [3.63, 3.8) is 0 Å². The van der Waals surface area contributed by atoms with E-state index in [1.807, 2.05) is 24.3 Å². The number of carbonyl (C=O) groups is 1. The van der Waals surface area contributed by atoms with Crippen molar-refractivity contribution in [2.75, 3.05) is 13.7 Å². The van der Waals surface area contributed by atoms with Crippen LogP contribution in [0.15, 0.2) is 48.5 Å². The van der Waals surface area contributed by atoms with Crippen LogP contribution in [0.1, 0.15) is 30.9 Å². The van der Waals surface area contributed by atoms with Crippen LogP contribution in [0.25, 0.3) is 11.6 Å². The van der Waals surface area contributed by atoms with Gasteiger partial charge in [0, 0.05) is 0 Å². The van der Waals surface area contributed by atoms with Crippen molar-refractivity contribution in [1.29, 1.82) is 0 Å². The molecule has 0 saturated heterocycles. The molecule has 4 heteroatoms. The SMILES string of the molecule is CCCCOc1ccc(/C=C(/C(=O)O)c2ccc(OC)cc2)cc1. The summed E-state index contributed by atoms with van der Waals surface area (Å²) in [5, 5.41) is 9.49. The molecule has 0 aliphatic rings. The molecule has 2 aromatic rings. The van der Waals surface area contributed by atoms with Crippen LogP contribution in [0.2, 0.25) is 0 Å². The predicted octanol–water partition coefficient (Wildman–Crippen LogP) is 4.50. The standard InChI is InChI=1S/C20H22O4/c1-3-4-13-24-18-9-5-15(6-10-18)14-19(20(21)22)16-7-11-17(23-2)12-8-16/h5-12,14H,3-4,13H2,1-2H3,(H,21,22)/b19-14+. The van der Waals surface area contributed by atoms with E-state index < -0.39 is 5.97 Å². The molecule has 0 aliphatic heterocycles. The average Bonchev–Trinajstić information content (AvgIpc) is 2.61. The van der Waals surface area contributed by atoms with Crippen molar-refractivity contribution in [2.24, 2.45) is 0 Å². The minimum Gasteiger partial charge on any atom is -0.497 e. The van der Waals surface area contributed by atoms with E-state index in [0.717, 1.165) is 24.2 Å². The first-order chi connectivity index (χ1) is 11.6. The molecular weight excluding hydrogens is 304 g/mol. The van der Waals surface area contributed by atoms with Gasteiger partial charge in [0.2, 0.25) is 0 Å². The maximum Gasteiger partial charge on any atom is 0.336 e. The highest BCUT2D eigenvalue weighted by atomic mass is 16.5. The maximum atomic E-state index is 11.6. The monoisotopic (exact) mass is 326 g/mol. The molecule has 24 heavy (non-hydrogen) atoms. The molecule has 0 fully saturated rings. The molecule has 126 valence electrons. The number of methoxy groups -OCH3 is 1. The van der Waals surface area contributed by atoms with Gasteiger partial charge in [-0.1, -0.05) is 37.6 Å². The molecule has 4 nitrogen and oxygen atoms in total. The van der Waals surface area contributed by atoms with E-state index in [9.17, 15) is 9.90 Å². The lowest BCUT2D eigenvalue weighted by Crippen LogP contribution is -2.00. The first-order valence-electron chi connectivity index (χ1n) is 7.96. The van der Waals surface area contributed by atoms with Gasteiger partial charge in [0.05, 0.1) is 19.3 Å². The number of hydrogen-bond acceptors (Lipinski definition) is 3. The van der Waals surface area contributed by atoms with Gasteiger partial charge < -0.3 is 14.6 Å². The highest BCUT2D eigenvalue weighted by Gasteiger charge is 2.10. The molecule has 2 aromatic carbocycles. The van der Waals surface area contributed by atoms with Gasteiger partial charge >= 0.3 is 5.97 Å². The smallest absolute Gasteiger partial charge is 0.336 e. The summed E-state index contributed by atoms with van der Waals surface area (Å²) in [6.45, 7) is 2.81. The average molecular weight is 326 g/mol. The highest BCUT2D eigenvalue weighted by molar-refractivity contribution is 6.20. The second-order valence-electron chi connectivity index (χ2n) is 5.36. The number of hydrogen-bond donors (Lipinski definition) is 1. The number of carboxylic acid groups (broad SMARTS) is 1. The molecule has 0 aliphatic carbocycles. The maximum absolute atomic E-state index is 11.6. The third kappa shape index (κ3) is 4.88. The summed E-state index contributed by atoms with van der Waals surface area (Å²) in [6.07, 6.45) is 3.76. The molecule has 0 spiro atoms. The summed E-state index contributed by atoms with van der Waals surface area (Å²) in [6, 6.07) is 14.4. The summed E-state index contributed by atoms with van der Waals surface area (Å²) >= 11 is 0. The van der Waals surface area contributed by atoms with Crippen molar-refractivity contribution in [3.05, 3.63) is 59.7 Å². The minimum absolute atomic E-state index is 0.234. The third-order valence-electron chi connectivity index (χ3n) is 3.59. The van der Waals surface area contributed by atoms with E-state index in [0.29, 0.717) is 17.9 Å². The summed E-state index contributed by atoms with van der Waals surface area (Å²) < 4.78 is 10.7. The second kappa shape index (κ2) is 8.77. The number of unbranched alkanes of at least 4 members (excludes halogenated alkanes) is 1. The van der Waals surface area contributed by atoms with Crippen LogP contribution in [0.3, 0.4) is 0 Å². The zero-order valence-corrected chi connectivity index (χ0v) is 14.0. The molecule has 0 heterocycles. The fourth-order valence-electron chi connectivity index (χ4n) is 2.20. The Morgan fingerprint density at radius 3 is 2.21 bits per heavy atom. The summed E-state index contributed by atoms with van der Waals surface area (Å²) in [7, 11) is 1.58. The van der Waals surface area contributed by atoms with Crippen LogP contribution in [-0.2, 0) is 4.79 Å². The van der Waals surface area contributed by atoms with Gasteiger partial charge in [0.15, 0.2) is 0 Å². The fraction of sp³-hybridized carbons (Fsp3) is 0.250. The van der Waals surface area contributed by atoms with Gasteiger partial charge in [-0.15, -0.1) is 0 Å². The number of ether oxygens (including phenoxy) is 2. The summed E-state index contributed by atoms with van der Waals surface area (Å²) in [5.41, 5.74) is 1.68. The Labute approximate surface area is 142 Å². The molecule has 0 amide bonds. The second-order valence-corrected chi connectivity index (χ2v) is 5.36. The Morgan fingerprint density at radius 1 is 1.04 bits per heavy atom. The first-order valence-corrected chi connectivity index (χ1v) is 7.96. The van der Waals surface area contributed by atoms with Crippen LogP contribution < -0.4 is 9.47 Å². The molecular formula is C20H22O4. The summed E-state index contributed by atoms with van der Waals surface area (Å²) in [5.74, 6) is 0.516. The van der Waals surface area contributed by atoms with E-state index in [-0.39, 0.29) is 5.57 Å². The van der Waals surface area contributed by atoms with Gasteiger partial charge in [0.25, 0.3) is 0 Å². The minimum atomic E-state index is -0.969. The molecule has 0 atom stereocenters. The Hall–Kier alpha value is -2.75. The number of aliphatic carboxylic acids is 1. The molecule has 1 N–H and O–H groups in total. The zero-order chi connectivity index (χ0) is 17.4. The summed E-state index contributed by atoms with van der Waals surface area (Å²) in [4.78, 5) is 11.6. The quantitative estimate of drug-likeness (QED) is 0.441. The Morgan fingerprint density at radius 2 is 1.67 bits per heavy atom. The van der Waals surface area contributed by atoms with Crippen LogP contribution in [0, 0.1) is 0 Å². The Balaban J connectivity index is 2.19. The Kier molecular flexibility index (Phi) is 6.43. The normalized spacial score (nSPS) is 11.2. The zero-order valence-electron chi connectivity index (χ0n) is 14.0. The number of rotatable bonds is 8. The first kappa shape index (κ1) is 17.6. The van der Waals surface area contributed by atoms with Crippen molar-refractivity contribution in [1.82, 2.24) is 0 Å². The van der Waals surface area contributed by atoms with Crippen LogP contribution >= 0.6 is 0 Å².